The first-order valence-corrected chi connectivity index (χ1v) is 3.49. The van der Waals surface area contributed by atoms with Gasteiger partial charge in [-0.25, -0.2) is 8.78 Å². The van der Waals surface area contributed by atoms with E-state index in [1.54, 1.807) is 0 Å². The maximum atomic E-state index is 11.7. The minimum atomic E-state index is -2.29. The van der Waals surface area contributed by atoms with Crippen molar-refractivity contribution in [3.05, 3.63) is 11.1 Å². The second-order valence-corrected chi connectivity index (χ2v) is 2.42. The van der Waals surface area contributed by atoms with E-state index in [9.17, 15) is 8.78 Å². The molecule has 0 spiro atoms. The van der Waals surface area contributed by atoms with Gasteiger partial charge in [-0.15, -0.1) is 0 Å². The zero-order chi connectivity index (χ0) is 8.27. The highest BCUT2D eigenvalue weighted by Crippen LogP contribution is 2.01. The van der Waals surface area contributed by atoms with E-state index in [0.717, 1.165) is 0 Å². The fraction of sp³-hybridized carbons (Fsp3) is 0.600. The molecule has 0 fully saturated rings. The normalized spacial score (nSPS) is 10.8. The first kappa shape index (κ1) is 8.32. The molecule has 0 radical (unpaired) electrons. The van der Waals surface area contributed by atoms with Gasteiger partial charge in [0, 0.05) is 13.0 Å². The molecule has 1 N–H and O–H groups in total. The number of rotatable bonds is 3. The molecule has 1 aromatic rings. The van der Waals surface area contributed by atoms with Crippen molar-refractivity contribution in [3.63, 3.8) is 0 Å². The van der Waals surface area contributed by atoms with Gasteiger partial charge in [0.1, 0.15) is 6.33 Å². The SMILES string of the molecule is FC(F)CCn1cn[nH]c1=S. The number of H-pyrrole nitrogens is 1. The lowest BCUT2D eigenvalue weighted by Gasteiger charge is -1.98. The molecule has 3 nitrogen and oxygen atoms in total. The van der Waals surface area contributed by atoms with Gasteiger partial charge in [-0.2, -0.15) is 5.10 Å². The number of hydrogen-bond acceptors (Lipinski definition) is 2. The lowest BCUT2D eigenvalue weighted by molar-refractivity contribution is 0.131. The van der Waals surface area contributed by atoms with E-state index in [1.165, 1.54) is 10.9 Å². The molecule has 0 unspecified atom stereocenters. The number of nitrogens with one attached hydrogen (secondary N) is 1. The Morgan fingerprint density at radius 2 is 2.45 bits per heavy atom. The van der Waals surface area contributed by atoms with Crippen molar-refractivity contribution in [1.29, 1.82) is 0 Å². The predicted molar refractivity (Wildman–Crippen MR) is 38.0 cm³/mol. The highest BCUT2D eigenvalue weighted by molar-refractivity contribution is 7.71. The van der Waals surface area contributed by atoms with Gasteiger partial charge in [-0.05, 0) is 12.2 Å². The average Bonchev–Trinajstić information content (AvgIpc) is 2.31. The summed E-state index contributed by atoms with van der Waals surface area (Å²) in [5.74, 6) is 0. The molecule has 0 saturated carbocycles. The maximum absolute atomic E-state index is 11.7. The summed E-state index contributed by atoms with van der Waals surface area (Å²) in [4.78, 5) is 0. The average molecular weight is 179 g/mol. The van der Waals surface area contributed by atoms with Gasteiger partial charge >= 0.3 is 0 Å². The molecule has 0 saturated heterocycles. The van der Waals surface area contributed by atoms with E-state index in [0.29, 0.717) is 4.77 Å². The van der Waals surface area contributed by atoms with E-state index in [1.807, 2.05) is 0 Å². The lowest BCUT2D eigenvalue weighted by Crippen LogP contribution is -2.01. The molecule has 6 heteroatoms. The Labute approximate surface area is 67.0 Å². The smallest absolute Gasteiger partial charge is 0.240 e. The van der Waals surface area contributed by atoms with Gasteiger partial charge in [-0.1, -0.05) is 0 Å². The van der Waals surface area contributed by atoms with Gasteiger partial charge in [0.15, 0.2) is 4.77 Å². The Kier molecular flexibility index (Phi) is 2.70. The van der Waals surface area contributed by atoms with Crippen molar-refractivity contribution in [2.75, 3.05) is 0 Å². The monoisotopic (exact) mass is 179 g/mol. The number of nitrogens with zero attached hydrogens (tertiary/aromatic N) is 2. The van der Waals surface area contributed by atoms with E-state index < -0.39 is 6.43 Å². The largest absolute Gasteiger partial charge is 0.307 e. The molecule has 0 aliphatic rings. The molecule has 0 aromatic carbocycles. The summed E-state index contributed by atoms with van der Waals surface area (Å²) in [5.41, 5.74) is 0. The minimum Gasteiger partial charge on any atom is -0.307 e. The topological polar surface area (TPSA) is 33.6 Å². The highest BCUT2D eigenvalue weighted by atomic mass is 32.1. The van der Waals surface area contributed by atoms with Crippen LogP contribution in [-0.2, 0) is 6.54 Å². The van der Waals surface area contributed by atoms with Crippen LogP contribution in [0.5, 0.6) is 0 Å². The molecule has 11 heavy (non-hydrogen) atoms. The van der Waals surface area contributed by atoms with Gasteiger partial charge in [0.25, 0.3) is 0 Å². The number of hydrogen-bond donors (Lipinski definition) is 1. The Morgan fingerprint density at radius 1 is 1.73 bits per heavy atom. The van der Waals surface area contributed by atoms with Gasteiger partial charge in [0.2, 0.25) is 6.43 Å². The lowest BCUT2D eigenvalue weighted by atomic mass is 10.4. The van der Waals surface area contributed by atoms with Crippen molar-refractivity contribution >= 4 is 12.2 Å². The van der Waals surface area contributed by atoms with Crippen LogP contribution in [0.25, 0.3) is 0 Å². The van der Waals surface area contributed by atoms with Gasteiger partial charge in [-0.3, -0.25) is 5.10 Å². The third kappa shape index (κ3) is 2.38. The highest BCUT2D eigenvalue weighted by Gasteiger charge is 2.02. The summed E-state index contributed by atoms with van der Waals surface area (Å²) in [6.45, 7) is 0.215. The summed E-state index contributed by atoms with van der Waals surface area (Å²) in [6.07, 6.45) is -1.06. The number of halogens is 2. The number of aromatic nitrogens is 3. The fourth-order valence-electron chi connectivity index (χ4n) is 0.666. The summed E-state index contributed by atoms with van der Waals surface area (Å²) in [6, 6.07) is 0. The Bertz CT molecular complexity index is 267. The van der Waals surface area contributed by atoms with Crippen LogP contribution in [0.3, 0.4) is 0 Å². The molecule has 0 amide bonds. The molecule has 0 aliphatic carbocycles. The van der Waals surface area contributed by atoms with Crippen molar-refractivity contribution in [3.8, 4) is 0 Å². The number of aryl methyl sites for hydroxylation is 1. The van der Waals surface area contributed by atoms with Gasteiger partial charge in [0.05, 0.1) is 0 Å². The van der Waals surface area contributed by atoms with Crippen LogP contribution in [0, 0.1) is 4.77 Å². The molecule has 0 atom stereocenters. The standard InChI is InChI=1S/C5H7F2N3S/c6-4(7)1-2-10-3-8-9-5(10)11/h3-4H,1-2H2,(H,9,11). The Morgan fingerprint density at radius 3 is 2.91 bits per heavy atom. The third-order valence-electron chi connectivity index (χ3n) is 1.21. The second kappa shape index (κ2) is 3.56. The van der Waals surface area contributed by atoms with Crippen LogP contribution < -0.4 is 0 Å². The zero-order valence-electron chi connectivity index (χ0n) is 5.63. The Hall–Kier alpha value is -0.780. The summed E-state index contributed by atoms with van der Waals surface area (Å²) < 4.78 is 25.2. The van der Waals surface area contributed by atoms with Crippen LogP contribution >= 0.6 is 12.2 Å². The molecule has 1 aromatic heterocycles. The second-order valence-electron chi connectivity index (χ2n) is 2.03. The summed E-state index contributed by atoms with van der Waals surface area (Å²) >= 11 is 4.74. The fourth-order valence-corrected chi connectivity index (χ4v) is 0.858. The van der Waals surface area contributed by atoms with Crippen LogP contribution in [0.4, 0.5) is 8.78 Å². The quantitative estimate of drug-likeness (QED) is 0.715. The Balaban J connectivity index is 2.51. The predicted octanol–water partition coefficient (Wildman–Crippen LogP) is 1.60. The van der Waals surface area contributed by atoms with E-state index in [-0.39, 0.29) is 13.0 Å². The molecule has 1 heterocycles. The third-order valence-corrected chi connectivity index (χ3v) is 1.53. The number of aromatic amines is 1. The van der Waals surface area contributed by atoms with Gasteiger partial charge < -0.3 is 4.57 Å². The van der Waals surface area contributed by atoms with Crippen molar-refractivity contribution in [2.24, 2.45) is 0 Å². The van der Waals surface area contributed by atoms with Crippen LogP contribution in [-0.4, -0.2) is 21.2 Å². The summed E-state index contributed by atoms with van der Waals surface area (Å²) in [5, 5.41) is 6.06. The minimum absolute atomic E-state index is 0.187. The molecule has 1 rings (SSSR count). The van der Waals surface area contributed by atoms with Crippen molar-refractivity contribution in [1.82, 2.24) is 14.8 Å². The summed E-state index contributed by atoms with van der Waals surface area (Å²) in [7, 11) is 0. The van der Waals surface area contributed by atoms with Crippen LogP contribution in [0.1, 0.15) is 6.42 Å². The maximum Gasteiger partial charge on any atom is 0.240 e. The van der Waals surface area contributed by atoms with E-state index in [2.05, 4.69) is 10.2 Å². The van der Waals surface area contributed by atoms with Crippen LogP contribution in [0.15, 0.2) is 6.33 Å². The first-order chi connectivity index (χ1) is 5.20. The van der Waals surface area contributed by atoms with Crippen molar-refractivity contribution in [2.45, 2.75) is 19.4 Å². The molecule has 62 valence electrons. The van der Waals surface area contributed by atoms with Crippen molar-refractivity contribution < 1.29 is 8.78 Å². The molecular weight excluding hydrogens is 172 g/mol. The molecular formula is C5H7F2N3S. The first-order valence-electron chi connectivity index (χ1n) is 3.08. The molecule has 0 aliphatic heterocycles. The van der Waals surface area contributed by atoms with E-state index >= 15 is 0 Å². The van der Waals surface area contributed by atoms with E-state index in [4.69, 9.17) is 12.2 Å². The zero-order valence-corrected chi connectivity index (χ0v) is 6.44. The number of alkyl halides is 2. The molecule has 0 bridgehead atoms. The van der Waals surface area contributed by atoms with Crippen LogP contribution in [0.2, 0.25) is 0 Å².